The van der Waals surface area contributed by atoms with Gasteiger partial charge >= 0.3 is 0 Å². The molecule has 0 aromatic heterocycles. The quantitative estimate of drug-likeness (QED) is 0.771. The first-order valence-electron chi connectivity index (χ1n) is 5.34. The molecule has 0 saturated carbocycles. The molecule has 0 unspecified atom stereocenters. The minimum absolute atomic E-state index is 1.08. The van der Waals surface area contributed by atoms with Crippen molar-refractivity contribution in [3.63, 3.8) is 0 Å². The normalized spacial score (nSPS) is 9.93. The molecule has 0 aliphatic heterocycles. The Kier molecular flexibility index (Phi) is 4.30. The van der Waals surface area contributed by atoms with E-state index in [1.165, 1.54) is 17.8 Å². The van der Waals surface area contributed by atoms with Crippen LogP contribution in [0.15, 0.2) is 24.3 Å². The summed E-state index contributed by atoms with van der Waals surface area (Å²) >= 11 is 0. The van der Waals surface area contributed by atoms with Crippen molar-refractivity contribution in [3.8, 4) is 0 Å². The second-order valence-corrected chi connectivity index (χ2v) is 3.38. The Balaban J connectivity index is 2.73. The maximum absolute atomic E-state index is 3.12. The monoisotopic (exact) mass is 192 g/mol. The minimum Gasteiger partial charge on any atom is -0.388 e. The summed E-state index contributed by atoms with van der Waals surface area (Å²) in [6.45, 7) is 6.62. The van der Waals surface area contributed by atoms with Gasteiger partial charge in [-0.3, -0.25) is 0 Å². The van der Waals surface area contributed by atoms with Crippen LogP contribution in [0.2, 0.25) is 0 Å². The molecule has 0 atom stereocenters. The third-order valence-electron chi connectivity index (χ3n) is 2.40. The third-order valence-corrected chi connectivity index (χ3v) is 2.40. The Morgan fingerprint density at radius 2 is 1.79 bits per heavy atom. The first-order valence-corrected chi connectivity index (χ1v) is 5.34. The zero-order valence-corrected chi connectivity index (χ0v) is 9.38. The number of benzene rings is 1. The van der Waals surface area contributed by atoms with Gasteiger partial charge in [-0.05, 0) is 37.6 Å². The highest BCUT2D eigenvalue weighted by atomic mass is 15.1. The molecule has 1 aromatic carbocycles. The van der Waals surface area contributed by atoms with Crippen LogP contribution in [0.5, 0.6) is 0 Å². The van der Waals surface area contributed by atoms with Crippen LogP contribution in [-0.2, 0) is 0 Å². The van der Waals surface area contributed by atoms with Crippen molar-refractivity contribution in [3.05, 3.63) is 24.3 Å². The molecule has 0 radical (unpaired) electrons. The van der Waals surface area contributed by atoms with Gasteiger partial charge in [-0.15, -0.1) is 0 Å². The minimum atomic E-state index is 1.08. The van der Waals surface area contributed by atoms with Crippen LogP contribution >= 0.6 is 0 Å². The third kappa shape index (κ3) is 2.66. The Bertz CT molecular complexity index is 254. The predicted octanol–water partition coefficient (Wildman–Crippen LogP) is 2.96. The van der Waals surface area contributed by atoms with Gasteiger partial charge in [0, 0.05) is 31.5 Å². The van der Waals surface area contributed by atoms with Crippen molar-refractivity contribution < 1.29 is 0 Å². The highest BCUT2D eigenvalue weighted by Crippen LogP contribution is 2.17. The van der Waals surface area contributed by atoms with Gasteiger partial charge in [-0.25, -0.2) is 0 Å². The Morgan fingerprint density at radius 1 is 1.14 bits per heavy atom. The summed E-state index contributed by atoms with van der Waals surface area (Å²) in [5.41, 5.74) is 2.48. The average molecular weight is 192 g/mol. The van der Waals surface area contributed by atoms with Crippen LogP contribution in [0.1, 0.15) is 20.3 Å². The number of hydrogen-bond acceptors (Lipinski definition) is 2. The second kappa shape index (κ2) is 5.53. The summed E-state index contributed by atoms with van der Waals surface area (Å²) in [4.78, 5) is 2.39. The lowest BCUT2D eigenvalue weighted by Crippen LogP contribution is -2.23. The van der Waals surface area contributed by atoms with E-state index in [2.05, 4.69) is 48.3 Å². The van der Waals surface area contributed by atoms with Crippen LogP contribution in [0.4, 0.5) is 11.4 Å². The summed E-state index contributed by atoms with van der Waals surface area (Å²) in [6.07, 6.45) is 1.20. The van der Waals surface area contributed by atoms with Gasteiger partial charge in [0.1, 0.15) is 0 Å². The molecular formula is C12H20N2. The molecule has 0 fully saturated rings. The first-order chi connectivity index (χ1) is 6.81. The van der Waals surface area contributed by atoms with Crippen molar-refractivity contribution >= 4 is 11.4 Å². The molecule has 1 rings (SSSR count). The smallest absolute Gasteiger partial charge is 0.0367 e. The van der Waals surface area contributed by atoms with E-state index in [0.29, 0.717) is 0 Å². The molecule has 14 heavy (non-hydrogen) atoms. The summed E-state index contributed by atoms with van der Waals surface area (Å²) in [6, 6.07) is 8.58. The summed E-state index contributed by atoms with van der Waals surface area (Å²) in [5, 5.41) is 3.12. The van der Waals surface area contributed by atoms with Crippen molar-refractivity contribution in [2.45, 2.75) is 20.3 Å². The fourth-order valence-corrected chi connectivity index (χ4v) is 1.58. The first kappa shape index (κ1) is 10.9. The van der Waals surface area contributed by atoms with E-state index >= 15 is 0 Å². The van der Waals surface area contributed by atoms with Crippen molar-refractivity contribution in [2.75, 3.05) is 30.4 Å². The second-order valence-electron chi connectivity index (χ2n) is 3.38. The van der Waals surface area contributed by atoms with Gasteiger partial charge in [0.15, 0.2) is 0 Å². The highest BCUT2D eigenvalue weighted by Gasteiger charge is 2.01. The highest BCUT2D eigenvalue weighted by molar-refractivity contribution is 5.54. The van der Waals surface area contributed by atoms with E-state index in [0.717, 1.165) is 13.1 Å². The van der Waals surface area contributed by atoms with Gasteiger partial charge in [-0.1, -0.05) is 6.92 Å². The van der Waals surface area contributed by atoms with Crippen molar-refractivity contribution in [2.24, 2.45) is 0 Å². The Labute approximate surface area is 86.9 Å². The molecule has 0 amide bonds. The van der Waals surface area contributed by atoms with Crippen LogP contribution in [-0.4, -0.2) is 20.1 Å². The molecule has 0 aliphatic carbocycles. The van der Waals surface area contributed by atoms with Gasteiger partial charge < -0.3 is 10.2 Å². The molecule has 1 N–H and O–H groups in total. The Hall–Kier alpha value is -1.18. The SMILES string of the molecule is CCCN(CC)c1ccc(NC)cc1. The largest absolute Gasteiger partial charge is 0.388 e. The van der Waals surface area contributed by atoms with E-state index in [1.807, 2.05) is 7.05 Å². The molecule has 0 aliphatic rings. The number of nitrogens with zero attached hydrogens (tertiary/aromatic N) is 1. The summed E-state index contributed by atoms with van der Waals surface area (Å²) in [5.74, 6) is 0. The maximum atomic E-state index is 3.12. The average Bonchev–Trinajstić information content (AvgIpc) is 2.26. The topological polar surface area (TPSA) is 15.3 Å². The van der Waals surface area contributed by atoms with E-state index in [-0.39, 0.29) is 0 Å². The lowest BCUT2D eigenvalue weighted by atomic mass is 10.2. The van der Waals surface area contributed by atoms with Crippen LogP contribution in [0, 0.1) is 0 Å². The number of anilines is 2. The molecule has 0 heterocycles. The molecule has 0 saturated heterocycles. The standard InChI is InChI=1S/C12H20N2/c1-4-10-14(5-2)12-8-6-11(13-3)7-9-12/h6-9,13H,4-5,10H2,1-3H3. The lowest BCUT2D eigenvalue weighted by Gasteiger charge is -2.22. The zero-order valence-electron chi connectivity index (χ0n) is 9.38. The van der Waals surface area contributed by atoms with E-state index in [1.54, 1.807) is 0 Å². The fraction of sp³-hybridized carbons (Fsp3) is 0.500. The number of rotatable bonds is 5. The lowest BCUT2D eigenvalue weighted by molar-refractivity contribution is 0.792. The Morgan fingerprint density at radius 3 is 2.21 bits per heavy atom. The molecule has 0 spiro atoms. The van der Waals surface area contributed by atoms with Crippen LogP contribution in [0.3, 0.4) is 0 Å². The van der Waals surface area contributed by atoms with Gasteiger partial charge in [-0.2, -0.15) is 0 Å². The van der Waals surface area contributed by atoms with Crippen molar-refractivity contribution in [1.29, 1.82) is 0 Å². The molecular weight excluding hydrogens is 172 g/mol. The van der Waals surface area contributed by atoms with Crippen LogP contribution in [0.25, 0.3) is 0 Å². The summed E-state index contributed by atoms with van der Waals surface area (Å²) < 4.78 is 0. The predicted molar refractivity (Wildman–Crippen MR) is 64.2 cm³/mol. The molecule has 2 nitrogen and oxygen atoms in total. The zero-order chi connectivity index (χ0) is 10.4. The maximum Gasteiger partial charge on any atom is 0.0367 e. The van der Waals surface area contributed by atoms with Crippen molar-refractivity contribution in [1.82, 2.24) is 0 Å². The van der Waals surface area contributed by atoms with E-state index in [9.17, 15) is 0 Å². The number of hydrogen-bond donors (Lipinski definition) is 1. The van der Waals surface area contributed by atoms with E-state index < -0.39 is 0 Å². The van der Waals surface area contributed by atoms with Gasteiger partial charge in [0.2, 0.25) is 0 Å². The summed E-state index contributed by atoms with van der Waals surface area (Å²) in [7, 11) is 1.94. The molecule has 78 valence electrons. The van der Waals surface area contributed by atoms with Gasteiger partial charge in [0.25, 0.3) is 0 Å². The van der Waals surface area contributed by atoms with E-state index in [4.69, 9.17) is 0 Å². The molecule has 2 heteroatoms. The molecule has 1 aromatic rings. The molecule has 0 bridgehead atoms. The van der Waals surface area contributed by atoms with Crippen LogP contribution < -0.4 is 10.2 Å². The number of nitrogens with one attached hydrogen (secondary N) is 1. The van der Waals surface area contributed by atoms with Gasteiger partial charge in [0.05, 0.1) is 0 Å². The fourth-order valence-electron chi connectivity index (χ4n) is 1.58.